The van der Waals surface area contributed by atoms with E-state index in [1.807, 2.05) is 0 Å². The third-order valence-corrected chi connectivity index (χ3v) is 3.22. The number of aliphatic hydroxyl groups excluding tert-OH is 1. The fourth-order valence-corrected chi connectivity index (χ4v) is 2.16. The Labute approximate surface area is 98.9 Å². The smallest absolute Gasteiger partial charge is 0.512 e. The molecule has 0 saturated heterocycles. The summed E-state index contributed by atoms with van der Waals surface area (Å²) in [5, 5.41) is 25.7. The van der Waals surface area contributed by atoms with Gasteiger partial charge in [0.05, 0.1) is 11.5 Å². The van der Waals surface area contributed by atoms with Crippen molar-refractivity contribution >= 4 is 17.3 Å². The second-order valence-corrected chi connectivity index (χ2v) is 4.81. The van der Waals surface area contributed by atoms with Gasteiger partial charge in [0.2, 0.25) is 10.0 Å². The summed E-state index contributed by atoms with van der Waals surface area (Å²) in [6.45, 7) is -0.416. The van der Waals surface area contributed by atoms with Gasteiger partial charge in [-0.1, -0.05) is 6.07 Å². The van der Waals surface area contributed by atoms with Crippen molar-refractivity contribution in [3.8, 4) is 5.75 Å². The van der Waals surface area contributed by atoms with Crippen molar-refractivity contribution in [3.63, 3.8) is 0 Å². The molecule has 9 heteroatoms. The zero-order chi connectivity index (χ0) is 12.9. The number of benzene rings is 1. The second kappa shape index (κ2) is 5.98. The molecule has 0 unspecified atom stereocenters. The van der Waals surface area contributed by atoms with E-state index in [0.717, 1.165) is 6.07 Å². The van der Waals surface area contributed by atoms with Crippen LogP contribution in [0.2, 0.25) is 0 Å². The summed E-state index contributed by atoms with van der Waals surface area (Å²) in [5.41, 5.74) is 0. The molecule has 4 N–H and O–H groups in total. The number of hydrogen-bond donors (Lipinski definition) is 4. The predicted octanol–water partition coefficient (Wildman–Crippen LogP) is -1.69. The summed E-state index contributed by atoms with van der Waals surface area (Å²) in [6.07, 6.45) is 0. The highest BCUT2D eigenvalue weighted by Crippen LogP contribution is 2.17. The third kappa shape index (κ3) is 4.33. The summed E-state index contributed by atoms with van der Waals surface area (Å²) in [7, 11) is -5.75. The fraction of sp³-hybridized carbons (Fsp3) is 0.250. The first-order valence-electron chi connectivity index (χ1n) is 4.69. The Morgan fingerprint density at radius 2 is 2.06 bits per heavy atom. The summed E-state index contributed by atoms with van der Waals surface area (Å²) < 4.78 is 29.9. The van der Waals surface area contributed by atoms with Gasteiger partial charge in [-0.3, -0.25) is 0 Å². The van der Waals surface area contributed by atoms with Crippen LogP contribution in [0.25, 0.3) is 0 Å². The summed E-state index contributed by atoms with van der Waals surface area (Å²) in [6, 6.07) is 5.23. The molecule has 1 aromatic carbocycles. The van der Waals surface area contributed by atoms with Gasteiger partial charge in [-0.25, -0.2) is 13.1 Å². The molecule has 0 bridgehead atoms. The molecule has 17 heavy (non-hydrogen) atoms. The maximum atomic E-state index is 11.6. The molecule has 0 saturated carbocycles. The number of rotatable bonds is 6. The van der Waals surface area contributed by atoms with E-state index in [2.05, 4.69) is 9.38 Å². The lowest BCUT2D eigenvalue weighted by molar-refractivity contribution is 0.288. The van der Waals surface area contributed by atoms with Crippen LogP contribution in [0.1, 0.15) is 0 Å². The molecule has 0 fully saturated rings. The maximum Gasteiger partial charge on any atom is 0.707 e. The van der Waals surface area contributed by atoms with Crippen LogP contribution in [-0.4, -0.2) is 44.0 Å². The topological polar surface area (TPSA) is 116 Å². The van der Waals surface area contributed by atoms with Crippen LogP contribution < -0.4 is 9.38 Å². The Morgan fingerprint density at radius 1 is 1.35 bits per heavy atom. The van der Waals surface area contributed by atoms with Crippen LogP contribution in [0.3, 0.4) is 0 Å². The predicted molar refractivity (Wildman–Crippen MR) is 59.5 cm³/mol. The van der Waals surface area contributed by atoms with Crippen molar-refractivity contribution in [2.24, 2.45) is 0 Å². The van der Waals surface area contributed by atoms with Gasteiger partial charge >= 0.3 is 7.32 Å². The first kappa shape index (κ1) is 13.9. The highest BCUT2D eigenvalue weighted by molar-refractivity contribution is 7.89. The molecular formula is C8H12BNO6S. The lowest BCUT2D eigenvalue weighted by Crippen LogP contribution is -2.27. The molecule has 0 amide bonds. The van der Waals surface area contributed by atoms with Crippen LogP contribution in [0.5, 0.6) is 5.75 Å². The summed E-state index contributed by atoms with van der Waals surface area (Å²) in [4.78, 5) is -0.0934. The average Bonchev–Trinajstić information content (AvgIpc) is 2.26. The van der Waals surface area contributed by atoms with Crippen LogP contribution in [0, 0.1) is 0 Å². The minimum Gasteiger partial charge on any atom is -0.512 e. The molecule has 0 aliphatic heterocycles. The maximum absolute atomic E-state index is 11.6. The Kier molecular flexibility index (Phi) is 4.91. The van der Waals surface area contributed by atoms with Gasteiger partial charge in [0.15, 0.2) is 0 Å². The quantitative estimate of drug-likeness (QED) is 0.454. The number of nitrogens with one attached hydrogen (secondary N) is 1. The van der Waals surface area contributed by atoms with E-state index < -0.39 is 17.3 Å². The lowest BCUT2D eigenvalue weighted by Gasteiger charge is -2.08. The number of hydrogen-bond acceptors (Lipinski definition) is 6. The largest absolute Gasteiger partial charge is 0.707 e. The van der Waals surface area contributed by atoms with Crippen molar-refractivity contribution in [2.75, 3.05) is 13.2 Å². The van der Waals surface area contributed by atoms with E-state index in [0.29, 0.717) is 0 Å². The van der Waals surface area contributed by atoms with Gasteiger partial charge in [0.1, 0.15) is 5.75 Å². The van der Waals surface area contributed by atoms with Gasteiger partial charge in [0.25, 0.3) is 0 Å². The minimum absolute atomic E-state index is 0.00636. The van der Waals surface area contributed by atoms with Gasteiger partial charge in [-0.2, -0.15) is 0 Å². The zero-order valence-corrected chi connectivity index (χ0v) is 9.59. The third-order valence-electron chi connectivity index (χ3n) is 1.76. The highest BCUT2D eigenvalue weighted by Gasteiger charge is 2.16. The van der Waals surface area contributed by atoms with E-state index in [1.165, 1.54) is 18.2 Å². The Morgan fingerprint density at radius 3 is 2.65 bits per heavy atom. The van der Waals surface area contributed by atoms with E-state index >= 15 is 0 Å². The van der Waals surface area contributed by atoms with Crippen molar-refractivity contribution in [3.05, 3.63) is 24.3 Å². The average molecular weight is 261 g/mol. The van der Waals surface area contributed by atoms with E-state index in [-0.39, 0.29) is 23.8 Å². The SMILES string of the molecule is O=S(=O)(NCCO)c1cccc(OB(O)O)c1. The molecule has 0 aromatic heterocycles. The Balaban J connectivity index is 2.91. The minimum atomic E-state index is -3.73. The highest BCUT2D eigenvalue weighted by atomic mass is 32.2. The van der Waals surface area contributed by atoms with Gasteiger partial charge in [0, 0.05) is 6.54 Å². The molecule has 0 spiro atoms. The zero-order valence-electron chi connectivity index (χ0n) is 8.78. The molecule has 0 atom stereocenters. The Hall–Kier alpha value is -1.13. The molecule has 1 rings (SSSR count). The molecule has 7 nitrogen and oxygen atoms in total. The van der Waals surface area contributed by atoms with Crippen molar-refractivity contribution in [1.29, 1.82) is 0 Å². The molecule has 0 radical (unpaired) electrons. The van der Waals surface area contributed by atoms with Crippen LogP contribution in [0.15, 0.2) is 29.2 Å². The van der Waals surface area contributed by atoms with Crippen molar-refractivity contribution < 1.29 is 28.2 Å². The number of sulfonamides is 1. The van der Waals surface area contributed by atoms with Crippen LogP contribution >= 0.6 is 0 Å². The fourth-order valence-electron chi connectivity index (χ4n) is 1.10. The van der Waals surface area contributed by atoms with Gasteiger partial charge in [-0.05, 0) is 18.2 Å². The van der Waals surface area contributed by atoms with Crippen molar-refractivity contribution in [2.45, 2.75) is 4.90 Å². The Bertz CT molecular complexity index is 463. The van der Waals surface area contributed by atoms with E-state index in [1.54, 1.807) is 0 Å². The summed E-state index contributed by atoms with van der Waals surface area (Å²) >= 11 is 0. The molecular weight excluding hydrogens is 249 g/mol. The first-order chi connectivity index (χ1) is 7.95. The molecule has 0 aliphatic carbocycles. The molecule has 0 aliphatic rings. The molecule has 94 valence electrons. The monoisotopic (exact) mass is 261 g/mol. The summed E-state index contributed by atoms with van der Waals surface area (Å²) in [5.74, 6) is 0.00636. The lowest BCUT2D eigenvalue weighted by atomic mass is 10.2. The van der Waals surface area contributed by atoms with Crippen LogP contribution in [0.4, 0.5) is 0 Å². The number of aliphatic hydroxyl groups is 1. The molecule has 0 heterocycles. The van der Waals surface area contributed by atoms with Crippen LogP contribution in [-0.2, 0) is 10.0 Å². The van der Waals surface area contributed by atoms with Crippen molar-refractivity contribution in [1.82, 2.24) is 4.72 Å². The van der Waals surface area contributed by atoms with Gasteiger partial charge in [-0.15, -0.1) is 0 Å². The normalized spacial score (nSPS) is 11.2. The second-order valence-electron chi connectivity index (χ2n) is 3.04. The molecule has 1 aromatic rings. The van der Waals surface area contributed by atoms with Gasteiger partial charge < -0.3 is 19.8 Å². The van der Waals surface area contributed by atoms with E-state index in [9.17, 15) is 8.42 Å². The first-order valence-corrected chi connectivity index (χ1v) is 6.17. The van der Waals surface area contributed by atoms with E-state index in [4.69, 9.17) is 15.2 Å². The standard InChI is InChI=1S/C8H12BNO6S/c11-5-4-10-17(14,15)8-3-1-2-7(6-8)16-9(12)13/h1-3,6,10-13H,4-5H2.